The molecule has 0 unspecified atom stereocenters. The number of amides is 1. The summed E-state index contributed by atoms with van der Waals surface area (Å²) in [6.45, 7) is 8.14. The Morgan fingerprint density at radius 2 is 1.80 bits per heavy atom. The molecule has 0 aliphatic heterocycles. The molecule has 1 amide bonds. The molecule has 15 heavy (non-hydrogen) atoms. The number of rotatable bonds is 5. The van der Waals surface area contributed by atoms with Gasteiger partial charge in [-0.1, -0.05) is 0 Å². The van der Waals surface area contributed by atoms with E-state index < -0.39 is 5.60 Å². The molecule has 0 heterocycles. The molecule has 4 nitrogen and oxygen atoms in total. The Balaban J connectivity index is 4.47. The Morgan fingerprint density at radius 1 is 1.33 bits per heavy atom. The van der Waals surface area contributed by atoms with Crippen LogP contribution in [0.15, 0.2) is 0 Å². The topological polar surface area (TPSA) is 55.6 Å². The van der Waals surface area contributed by atoms with Crippen molar-refractivity contribution in [2.75, 3.05) is 20.7 Å². The van der Waals surface area contributed by atoms with Gasteiger partial charge in [-0.3, -0.25) is 4.79 Å². The number of ether oxygens (including phenoxy) is 1. The summed E-state index contributed by atoms with van der Waals surface area (Å²) >= 11 is 0. The maximum atomic E-state index is 11.9. The fourth-order valence-corrected chi connectivity index (χ4v) is 1.03. The van der Waals surface area contributed by atoms with Crippen molar-refractivity contribution in [1.82, 2.24) is 4.90 Å². The summed E-state index contributed by atoms with van der Waals surface area (Å²) in [5, 5.41) is 0. The van der Waals surface area contributed by atoms with Crippen LogP contribution in [0, 0.1) is 0 Å². The Morgan fingerprint density at radius 3 is 2.13 bits per heavy atom. The van der Waals surface area contributed by atoms with Gasteiger partial charge in [0.1, 0.15) is 0 Å². The molecule has 0 saturated carbocycles. The normalized spacial score (nSPS) is 12.7. The first-order valence-electron chi connectivity index (χ1n) is 5.18. The van der Waals surface area contributed by atoms with Gasteiger partial charge in [0.25, 0.3) is 0 Å². The van der Waals surface area contributed by atoms with E-state index in [4.69, 9.17) is 10.5 Å². The summed E-state index contributed by atoms with van der Waals surface area (Å²) < 4.78 is 5.23. The third-order valence-corrected chi connectivity index (χ3v) is 2.91. The van der Waals surface area contributed by atoms with E-state index in [2.05, 4.69) is 0 Å². The molecule has 0 aromatic carbocycles. The lowest BCUT2D eigenvalue weighted by Gasteiger charge is -2.36. The molecule has 0 aliphatic carbocycles. The second kappa shape index (κ2) is 4.94. The predicted molar refractivity (Wildman–Crippen MR) is 61.6 cm³/mol. The lowest BCUT2D eigenvalue weighted by Crippen LogP contribution is -2.51. The van der Waals surface area contributed by atoms with Crippen molar-refractivity contribution in [3.63, 3.8) is 0 Å². The van der Waals surface area contributed by atoms with Crippen LogP contribution in [0.2, 0.25) is 0 Å². The summed E-state index contributed by atoms with van der Waals surface area (Å²) in [7, 11) is 3.39. The molecule has 0 aliphatic rings. The molecule has 0 bridgehead atoms. The van der Waals surface area contributed by atoms with Gasteiger partial charge in [-0.25, -0.2) is 0 Å². The van der Waals surface area contributed by atoms with Crippen LogP contribution < -0.4 is 5.73 Å². The first-order valence-corrected chi connectivity index (χ1v) is 5.18. The van der Waals surface area contributed by atoms with Crippen LogP contribution in [-0.2, 0) is 9.53 Å². The lowest BCUT2D eigenvalue weighted by atomic mass is 9.99. The SMILES string of the molecule is COC(C)(C)CC(=O)N(C)C(C)(C)CN. The van der Waals surface area contributed by atoms with Crippen molar-refractivity contribution in [2.45, 2.75) is 45.3 Å². The minimum absolute atomic E-state index is 0.0531. The molecule has 4 heteroatoms. The van der Waals surface area contributed by atoms with Gasteiger partial charge in [0, 0.05) is 26.2 Å². The van der Waals surface area contributed by atoms with Crippen LogP contribution in [0.1, 0.15) is 34.1 Å². The third-order valence-electron chi connectivity index (χ3n) is 2.91. The minimum atomic E-state index is -0.421. The molecule has 0 spiro atoms. The smallest absolute Gasteiger partial charge is 0.225 e. The molecule has 0 fully saturated rings. The van der Waals surface area contributed by atoms with Gasteiger partial charge in [0.05, 0.1) is 12.0 Å². The highest BCUT2D eigenvalue weighted by Crippen LogP contribution is 2.18. The molecule has 2 N–H and O–H groups in total. The zero-order valence-corrected chi connectivity index (χ0v) is 10.8. The third kappa shape index (κ3) is 4.18. The van der Waals surface area contributed by atoms with E-state index in [9.17, 15) is 4.79 Å². The van der Waals surface area contributed by atoms with Crippen LogP contribution in [0.3, 0.4) is 0 Å². The number of methoxy groups -OCH3 is 1. The van der Waals surface area contributed by atoms with Gasteiger partial charge < -0.3 is 15.4 Å². The molecule has 90 valence electrons. The summed E-state index contributed by atoms with van der Waals surface area (Å²) in [6.07, 6.45) is 0.365. The fraction of sp³-hybridized carbons (Fsp3) is 0.909. The van der Waals surface area contributed by atoms with Crippen molar-refractivity contribution < 1.29 is 9.53 Å². The van der Waals surface area contributed by atoms with Crippen LogP contribution >= 0.6 is 0 Å². The van der Waals surface area contributed by atoms with Crippen LogP contribution in [0.4, 0.5) is 0 Å². The maximum absolute atomic E-state index is 11.9. The highest BCUT2D eigenvalue weighted by molar-refractivity contribution is 5.77. The monoisotopic (exact) mass is 216 g/mol. The van der Waals surface area contributed by atoms with Crippen LogP contribution in [0.5, 0.6) is 0 Å². The molecule has 0 rings (SSSR count). The van der Waals surface area contributed by atoms with E-state index >= 15 is 0 Å². The number of nitrogens with zero attached hydrogens (tertiary/aromatic N) is 1. The predicted octanol–water partition coefficient (Wildman–Crippen LogP) is 0.997. The average molecular weight is 216 g/mol. The number of carbonyl (C=O) groups is 1. The number of carbonyl (C=O) groups excluding carboxylic acids is 1. The van der Waals surface area contributed by atoms with E-state index in [0.717, 1.165) is 0 Å². The first kappa shape index (κ1) is 14.4. The number of hydrogen-bond acceptors (Lipinski definition) is 3. The Hall–Kier alpha value is -0.610. The summed E-state index contributed by atoms with van der Waals surface area (Å²) in [4.78, 5) is 13.6. The number of hydrogen-bond donors (Lipinski definition) is 1. The van der Waals surface area contributed by atoms with E-state index in [1.54, 1.807) is 19.1 Å². The molecule has 0 aromatic heterocycles. The summed E-state index contributed by atoms with van der Waals surface area (Å²) in [5.74, 6) is 0.0531. The second-order valence-corrected chi connectivity index (χ2v) is 5.11. The zero-order valence-electron chi connectivity index (χ0n) is 10.8. The van der Waals surface area contributed by atoms with Crippen molar-refractivity contribution >= 4 is 5.91 Å². The Kier molecular flexibility index (Phi) is 4.74. The Bertz CT molecular complexity index is 225. The first-order chi connectivity index (χ1) is 6.66. The van der Waals surface area contributed by atoms with Gasteiger partial charge >= 0.3 is 0 Å². The summed E-state index contributed by atoms with van der Waals surface area (Å²) in [6, 6.07) is 0. The van der Waals surface area contributed by atoms with Gasteiger partial charge in [-0.2, -0.15) is 0 Å². The number of likely N-dealkylation sites (N-methyl/N-ethyl adjacent to an activating group) is 1. The van der Waals surface area contributed by atoms with Gasteiger partial charge in [-0.05, 0) is 27.7 Å². The highest BCUT2D eigenvalue weighted by Gasteiger charge is 2.30. The molecule has 0 aromatic rings. The van der Waals surface area contributed by atoms with Gasteiger partial charge in [0.15, 0.2) is 0 Å². The van der Waals surface area contributed by atoms with Crippen molar-refractivity contribution in [1.29, 1.82) is 0 Å². The van der Waals surface area contributed by atoms with E-state index in [0.29, 0.717) is 13.0 Å². The molecule has 0 atom stereocenters. The van der Waals surface area contributed by atoms with E-state index in [1.807, 2.05) is 27.7 Å². The van der Waals surface area contributed by atoms with Crippen molar-refractivity contribution in [3.8, 4) is 0 Å². The lowest BCUT2D eigenvalue weighted by molar-refractivity contribution is -0.139. The highest BCUT2D eigenvalue weighted by atomic mass is 16.5. The quantitative estimate of drug-likeness (QED) is 0.746. The maximum Gasteiger partial charge on any atom is 0.225 e. The number of nitrogens with two attached hydrogens (primary N) is 1. The van der Waals surface area contributed by atoms with Crippen molar-refractivity contribution in [2.24, 2.45) is 5.73 Å². The molecule has 0 radical (unpaired) electrons. The van der Waals surface area contributed by atoms with Crippen LogP contribution in [-0.4, -0.2) is 42.6 Å². The molecular weight excluding hydrogens is 192 g/mol. The van der Waals surface area contributed by atoms with E-state index in [1.165, 1.54) is 0 Å². The van der Waals surface area contributed by atoms with Crippen LogP contribution in [0.25, 0.3) is 0 Å². The summed E-state index contributed by atoms with van der Waals surface area (Å²) in [5.41, 5.74) is 4.89. The Labute approximate surface area is 92.8 Å². The second-order valence-electron chi connectivity index (χ2n) is 5.11. The molecule has 0 saturated heterocycles. The fourth-order valence-electron chi connectivity index (χ4n) is 1.03. The standard InChI is InChI=1S/C11H24N2O2/c1-10(2,8-12)13(5)9(14)7-11(3,4)15-6/h7-8,12H2,1-6H3. The van der Waals surface area contributed by atoms with Gasteiger partial charge in [-0.15, -0.1) is 0 Å². The largest absolute Gasteiger partial charge is 0.378 e. The van der Waals surface area contributed by atoms with E-state index in [-0.39, 0.29) is 11.4 Å². The average Bonchev–Trinajstić information content (AvgIpc) is 2.16. The zero-order chi connectivity index (χ0) is 12.3. The minimum Gasteiger partial charge on any atom is -0.378 e. The van der Waals surface area contributed by atoms with Gasteiger partial charge in [0.2, 0.25) is 5.91 Å². The molecular formula is C11H24N2O2. The van der Waals surface area contributed by atoms with Crippen molar-refractivity contribution in [3.05, 3.63) is 0 Å².